The van der Waals surface area contributed by atoms with E-state index in [0.717, 1.165) is 29.2 Å². The molecule has 0 saturated carbocycles. The summed E-state index contributed by atoms with van der Waals surface area (Å²) in [5, 5.41) is 3.41. The lowest BCUT2D eigenvalue weighted by Gasteiger charge is -2.15. The van der Waals surface area contributed by atoms with E-state index in [9.17, 15) is 0 Å². The third kappa shape index (κ3) is 4.76. The number of hydrogen-bond donors (Lipinski definition) is 1. The largest absolute Gasteiger partial charge is 0.497 e. The van der Waals surface area contributed by atoms with E-state index in [2.05, 4.69) is 24.1 Å². The molecule has 0 spiro atoms. The zero-order valence-corrected chi connectivity index (χ0v) is 12.8. The third-order valence-corrected chi connectivity index (χ3v) is 3.11. The van der Waals surface area contributed by atoms with Gasteiger partial charge in [-0.05, 0) is 35.9 Å². The molecule has 0 aliphatic heterocycles. The van der Waals surface area contributed by atoms with Gasteiger partial charge in [0.05, 0.1) is 7.11 Å². The fraction of sp³-hybridized carbons (Fsp3) is 0.353. The van der Waals surface area contributed by atoms with Crippen LogP contribution in [-0.2, 0) is 13.2 Å². The van der Waals surface area contributed by atoms with Gasteiger partial charge in [-0.1, -0.05) is 13.8 Å². The molecular formula is C17H22N2O2. The Hall–Kier alpha value is -2.07. The van der Waals surface area contributed by atoms with Gasteiger partial charge in [0, 0.05) is 30.5 Å². The minimum absolute atomic E-state index is 0.421. The Balaban J connectivity index is 2.09. The maximum absolute atomic E-state index is 5.93. The lowest BCUT2D eigenvalue weighted by Crippen LogP contribution is -2.22. The number of rotatable bonds is 7. The Morgan fingerprint density at radius 2 is 1.90 bits per heavy atom. The molecule has 0 amide bonds. The van der Waals surface area contributed by atoms with Crippen LogP contribution >= 0.6 is 0 Å². The van der Waals surface area contributed by atoms with E-state index in [1.807, 2.05) is 30.3 Å². The molecule has 4 nitrogen and oxygen atoms in total. The molecule has 0 unspecified atom stereocenters. The van der Waals surface area contributed by atoms with Crippen molar-refractivity contribution in [3.05, 3.63) is 53.9 Å². The summed E-state index contributed by atoms with van der Waals surface area (Å²) in [5.41, 5.74) is 2.20. The van der Waals surface area contributed by atoms with Gasteiger partial charge in [0.25, 0.3) is 0 Å². The van der Waals surface area contributed by atoms with E-state index in [4.69, 9.17) is 9.47 Å². The third-order valence-electron chi connectivity index (χ3n) is 3.11. The van der Waals surface area contributed by atoms with Crippen LogP contribution in [0.1, 0.15) is 25.0 Å². The first-order valence-corrected chi connectivity index (χ1v) is 7.11. The first kappa shape index (κ1) is 15.3. The molecule has 1 aromatic carbocycles. The summed E-state index contributed by atoms with van der Waals surface area (Å²) in [4.78, 5) is 4.01. The average Bonchev–Trinajstić information content (AvgIpc) is 2.52. The zero-order valence-electron chi connectivity index (χ0n) is 12.8. The summed E-state index contributed by atoms with van der Waals surface area (Å²) in [7, 11) is 1.67. The standard InChI is InChI=1S/C17H22N2O2/c1-13(2)19-11-15-10-16(20-3)4-5-17(15)21-12-14-6-8-18-9-7-14/h4-10,13,19H,11-12H2,1-3H3. The van der Waals surface area contributed by atoms with E-state index >= 15 is 0 Å². The average molecular weight is 286 g/mol. The fourth-order valence-corrected chi connectivity index (χ4v) is 1.92. The van der Waals surface area contributed by atoms with Crippen LogP contribution in [0.25, 0.3) is 0 Å². The van der Waals surface area contributed by atoms with Crippen molar-refractivity contribution in [1.29, 1.82) is 0 Å². The van der Waals surface area contributed by atoms with Gasteiger partial charge in [-0.25, -0.2) is 0 Å². The SMILES string of the molecule is COc1ccc(OCc2ccncc2)c(CNC(C)C)c1. The monoisotopic (exact) mass is 286 g/mol. The first-order chi connectivity index (χ1) is 10.2. The Kier molecular flexibility index (Phi) is 5.58. The van der Waals surface area contributed by atoms with Crippen LogP contribution in [0.4, 0.5) is 0 Å². The number of nitrogens with zero attached hydrogens (tertiary/aromatic N) is 1. The highest BCUT2D eigenvalue weighted by atomic mass is 16.5. The number of aromatic nitrogens is 1. The maximum atomic E-state index is 5.93. The number of methoxy groups -OCH3 is 1. The van der Waals surface area contributed by atoms with E-state index < -0.39 is 0 Å². The second kappa shape index (κ2) is 7.64. The Labute approximate surface area is 126 Å². The van der Waals surface area contributed by atoms with Crippen molar-refractivity contribution in [2.75, 3.05) is 7.11 Å². The van der Waals surface area contributed by atoms with Crippen molar-refractivity contribution in [3.63, 3.8) is 0 Å². The fourth-order valence-electron chi connectivity index (χ4n) is 1.92. The van der Waals surface area contributed by atoms with Gasteiger partial charge in [0.1, 0.15) is 18.1 Å². The Morgan fingerprint density at radius 3 is 2.57 bits per heavy atom. The van der Waals surface area contributed by atoms with Gasteiger partial charge < -0.3 is 14.8 Å². The highest BCUT2D eigenvalue weighted by Gasteiger charge is 2.07. The van der Waals surface area contributed by atoms with Gasteiger partial charge in [0.2, 0.25) is 0 Å². The Morgan fingerprint density at radius 1 is 1.14 bits per heavy atom. The van der Waals surface area contributed by atoms with Gasteiger partial charge in [0.15, 0.2) is 0 Å². The lowest BCUT2D eigenvalue weighted by molar-refractivity contribution is 0.300. The van der Waals surface area contributed by atoms with Gasteiger partial charge in [-0.2, -0.15) is 0 Å². The normalized spacial score (nSPS) is 10.7. The maximum Gasteiger partial charge on any atom is 0.124 e. The van der Waals surface area contributed by atoms with Gasteiger partial charge in [-0.15, -0.1) is 0 Å². The number of benzene rings is 1. The summed E-state index contributed by atoms with van der Waals surface area (Å²) < 4.78 is 11.2. The summed E-state index contributed by atoms with van der Waals surface area (Å²) in [6.45, 7) is 5.53. The van der Waals surface area contributed by atoms with Crippen LogP contribution in [0.3, 0.4) is 0 Å². The quantitative estimate of drug-likeness (QED) is 0.849. The molecule has 0 bridgehead atoms. The van der Waals surface area contributed by atoms with Crippen LogP contribution in [0.15, 0.2) is 42.7 Å². The molecule has 2 rings (SSSR count). The molecular weight excluding hydrogens is 264 g/mol. The molecule has 0 radical (unpaired) electrons. The Bertz CT molecular complexity index is 556. The van der Waals surface area contributed by atoms with Crippen molar-refractivity contribution in [2.24, 2.45) is 0 Å². The number of nitrogens with one attached hydrogen (secondary N) is 1. The van der Waals surface area contributed by atoms with Gasteiger partial charge >= 0.3 is 0 Å². The number of ether oxygens (including phenoxy) is 2. The van der Waals surface area contributed by atoms with Crippen LogP contribution < -0.4 is 14.8 Å². The van der Waals surface area contributed by atoms with Gasteiger partial charge in [-0.3, -0.25) is 4.98 Å². The molecule has 0 atom stereocenters. The summed E-state index contributed by atoms with van der Waals surface area (Å²) in [5.74, 6) is 1.72. The topological polar surface area (TPSA) is 43.4 Å². The number of pyridine rings is 1. The molecule has 21 heavy (non-hydrogen) atoms. The van der Waals surface area contributed by atoms with Crippen molar-refractivity contribution >= 4 is 0 Å². The molecule has 0 aliphatic carbocycles. The second-order valence-electron chi connectivity index (χ2n) is 5.15. The molecule has 1 heterocycles. The molecule has 0 aliphatic rings. The summed E-state index contributed by atoms with van der Waals surface area (Å²) in [6.07, 6.45) is 3.54. The van der Waals surface area contributed by atoms with Crippen molar-refractivity contribution in [3.8, 4) is 11.5 Å². The van der Waals surface area contributed by atoms with Crippen LogP contribution in [-0.4, -0.2) is 18.1 Å². The molecule has 1 N–H and O–H groups in total. The smallest absolute Gasteiger partial charge is 0.124 e. The highest BCUT2D eigenvalue weighted by molar-refractivity contribution is 5.40. The van der Waals surface area contributed by atoms with Crippen LogP contribution in [0, 0.1) is 0 Å². The van der Waals surface area contributed by atoms with Crippen LogP contribution in [0.5, 0.6) is 11.5 Å². The van der Waals surface area contributed by atoms with Crippen molar-refractivity contribution in [1.82, 2.24) is 10.3 Å². The molecule has 1 aromatic heterocycles. The summed E-state index contributed by atoms with van der Waals surface area (Å²) >= 11 is 0. The van der Waals surface area contributed by atoms with E-state index in [1.54, 1.807) is 19.5 Å². The molecule has 112 valence electrons. The minimum Gasteiger partial charge on any atom is -0.497 e. The molecule has 4 heteroatoms. The number of hydrogen-bond acceptors (Lipinski definition) is 4. The zero-order chi connectivity index (χ0) is 15.1. The first-order valence-electron chi connectivity index (χ1n) is 7.11. The molecule has 2 aromatic rings. The second-order valence-corrected chi connectivity index (χ2v) is 5.15. The minimum atomic E-state index is 0.421. The van der Waals surface area contributed by atoms with E-state index in [-0.39, 0.29) is 0 Å². The highest BCUT2D eigenvalue weighted by Crippen LogP contribution is 2.25. The summed E-state index contributed by atoms with van der Waals surface area (Å²) in [6, 6.07) is 10.2. The predicted octanol–water partition coefficient (Wildman–Crippen LogP) is 3.17. The van der Waals surface area contributed by atoms with Crippen LogP contribution in [0.2, 0.25) is 0 Å². The predicted molar refractivity (Wildman–Crippen MR) is 83.5 cm³/mol. The van der Waals surface area contributed by atoms with E-state index in [1.165, 1.54) is 0 Å². The van der Waals surface area contributed by atoms with Crippen molar-refractivity contribution in [2.45, 2.75) is 33.0 Å². The molecule has 0 fully saturated rings. The molecule has 0 saturated heterocycles. The lowest BCUT2D eigenvalue weighted by atomic mass is 10.1. The van der Waals surface area contributed by atoms with Crippen molar-refractivity contribution < 1.29 is 9.47 Å². The van der Waals surface area contributed by atoms with E-state index in [0.29, 0.717) is 12.6 Å².